The van der Waals surface area contributed by atoms with Gasteiger partial charge in [0.15, 0.2) is 0 Å². The summed E-state index contributed by atoms with van der Waals surface area (Å²) < 4.78 is 8.88. The monoisotopic (exact) mass is 228 g/mol. The number of phosphoric acid groups is 1. The zero-order valence-electron chi connectivity index (χ0n) is 8.09. The average Bonchev–Trinajstić information content (AvgIpc) is 1.94. The van der Waals surface area contributed by atoms with Gasteiger partial charge in [0.1, 0.15) is 0 Å². The van der Waals surface area contributed by atoms with E-state index in [9.17, 15) is 4.79 Å². The van der Waals surface area contributed by atoms with Crippen LogP contribution in [-0.2, 0) is 9.36 Å². The van der Waals surface area contributed by atoms with Crippen LogP contribution in [0.5, 0.6) is 0 Å². The third kappa shape index (κ3) is 41.6. The van der Waals surface area contributed by atoms with E-state index in [1.807, 2.05) is 0 Å². The first kappa shape index (κ1) is 16.0. The number of rotatable bonds is 5. The summed E-state index contributed by atoms with van der Waals surface area (Å²) in [5.41, 5.74) is 0. The van der Waals surface area contributed by atoms with Crippen molar-refractivity contribution in [1.29, 1.82) is 0 Å². The Morgan fingerprint density at radius 2 is 1.57 bits per heavy atom. The molecule has 4 N–H and O–H groups in total. The smallest absolute Gasteiger partial charge is 0.466 e. The minimum Gasteiger partial charge on any atom is -0.481 e. The van der Waals surface area contributed by atoms with Crippen LogP contribution in [0.1, 0.15) is 39.0 Å². The fourth-order valence-electron chi connectivity index (χ4n) is 0.703. The molecule has 0 heterocycles. The Morgan fingerprint density at radius 1 is 1.14 bits per heavy atom. The summed E-state index contributed by atoms with van der Waals surface area (Å²) in [6.45, 7) is 2.11. The van der Waals surface area contributed by atoms with Crippen LogP contribution in [0.2, 0.25) is 0 Å². The summed E-state index contributed by atoms with van der Waals surface area (Å²) in [6, 6.07) is 0. The Hall–Kier alpha value is -0.420. The third-order valence-electron chi connectivity index (χ3n) is 1.24. The molecular weight excluding hydrogens is 211 g/mol. The second-order valence-corrected chi connectivity index (χ2v) is 3.74. The van der Waals surface area contributed by atoms with Crippen LogP contribution in [0, 0.1) is 0 Å². The highest BCUT2D eigenvalue weighted by Gasteiger charge is 2.00. The van der Waals surface area contributed by atoms with E-state index in [0.29, 0.717) is 6.42 Å². The first-order valence-corrected chi connectivity index (χ1v) is 5.84. The number of carboxylic acid groups (broad SMARTS) is 1. The van der Waals surface area contributed by atoms with Gasteiger partial charge in [-0.2, -0.15) is 0 Å². The van der Waals surface area contributed by atoms with Gasteiger partial charge in [-0.05, 0) is 6.42 Å². The molecule has 0 unspecified atom stereocenters. The largest absolute Gasteiger partial charge is 0.481 e. The molecule has 0 aliphatic carbocycles. The van der Waals surface area contributed by atoms with Crippen LogP contribution in [0.25, 0.3) is 0 Å². The minimum atomic E-state index is -4.64. The van der Waals surface area contributed by atoms with Gasteiger partial charge in [0.25, 0.3) is 0 Å². The summed E-state index contributed by atoms with van der Waals surface area (Å²) in [5, 5.41) is 8.21. The van der Waals surface area contributed by atoms with Crippen LogP contribution in [0.4, 0.5) is 0 Å². The van der Waals surface area contributed by atoms with Crippen molar-refractivity contribution in [2.24, 2.45) is 0 Å². The van der Waals surface area contributed by atoms with Crippen LogP contribution in [0.3, 0.4) is 0 Å². The number of carboxylic acids is 1. The van der Waals surface area contributed by atoms with Gasteiger partial charge in [0, 0.05) is 6.42 Å². The van der Waals surface area contributed by atoms with E-state index in [0.717, 1.165) is 19.3 Å². The molecule has 0 fully saturated rings. The Kier molecular flexibility index (Phi) is 10.5. The van der Waals surface area contributed by atoms with Crippen LogP contribution < -0.4 is 0 Å². The second-order valence-electron chi connectivity index (χ2n) is 2.72. The normalized spacial score (nSPS) is 10.3. The lowest BCUT2D eigenvalue weighted by Crippen LogP contribution is -1.92. The summed E-state index contributed by atoms with van der Waals surface area (Å²) >= 11 is 0. The lowest BCUT2D eigenvalue weighted by molar-refractivity contribution is -0.137. The Labute approximate surface area is 82.8 Å². The highest BCUT2D eigenvalue weighted by molar-refractivity contribution is 7.45. The van der Waals surface area contributed by atoms with Crippen molar-refractivity contribution in [3.8, 4) is 0 Å². The van der Waals surface area contributed by atoms with Crippen molar-refractivity contribution >= 4 is 13.8 Å². The molecule has 0 saturated heterocycles. The van der Waals surface area contributed by atoms with Gasteiger partial charge < -0.3 is 19.8 Å². The molecule has 0 bridgehead atoms. The molecule has 0 aliphatic rings. The van der Waals surface area contributed by atoms with Gasteiger partial charge >= 0.3 is 13.8 Å². The first-order valence-electron chi connectivity index (χ1n) is 4.27. The standard InChI is InChI=1S/C7H14O2.H3O4P/c1-2-3-4-5-6-7(8)9;1-5(2,3)4/h2-6H2,1H3,(H,8,9);(H3,1,2,3,4). The molecule has 0 amide bonds. The summed E-state index contributed by atoms with van der Waals surface area (Å²) in [6.07, 6.45) is 4.55. The minimum absolute atomic E-state index is 0.333. The Morgan fingerprint density at radius 3 is 1.86 bits per heavy atom. The average molecular weight is 228 g/mol. The van der Waals surface area contributed by atoms with Crippen molar-refractivity contribution in [1.82, 2.24) is 0 Å². The molecular formula is C7H17O6P. The van der Waals surface area contributed by atoms with Crippen molar-refractivity contribution in [3.05, 3.63) is 0 Å². The maximum atomic E-state index is 9.96. The predicted octanol–water partition coefficient (Wildman–Crippen LogP) is 1.11. The lowest BCUT2D eigenvalue weighted by atomic mass is 10.2. The highest BCUT2D eigenvalue weighted by Crippen LogP contribution is 2.25. The summed E-state index contributed by atoms with van der Waals surface area (Å²) in [7, 11) is -4.64. The van der Waals surface area contributed by atoms with Crippen LogP contribution in [0.15, 0.2) is 0 Å². The molecule has 86 valence electrons. The number of carbonyl (C=O) groups is 1. The highest BCUT2D eigenvalue weighted by atomic mass is 31.2. The van der Waals surface area contributed by atoms with Gasteiger partial charge in [-0.3, -0.25) is 4.79 Å². The fraction of sp³-hybridized carbons (Fsp3) is 0.857. The van der Waals surface area contributed by atoms with E-state index in [2.05, 4.69) is 6.92 Å². The zero-order valence-corrected chi connectivity index (χ0v) is 8.98. The van der Waals surface area contributed by atoms with Crippen molar-refractivity contribution in [3.63, 3.8) is 0 Å². The first-order chi connectivity index (χ1) is 6.27. The fourth-order valence-corrected chi connectivity index (χ4v) is 0.703. The van der Waals surface area contributed by atoms with Gasteiger partial charge in [-0.1, -0.05) is 26.2 Å². The lowest BCUT2D eigenvalue weighted by Gasteiger charge is -1.92. The summed E-state index contributed by atoms with van der Waals surface area (Å²) in [5.74, 6) is -0.675. The van der Waals surface area contributed by atoms with E-state index in [-0.39, 0.29) is 0 Å². The van der Waals surface area contributed by atoms with E-state index in [1.54, 1.807) is 0 Å². The molecule has 0 aromatic rings. The molecule has 6 nitrogen and oxygen atoms in total. The summed E-state index contributed by atoms with van der Waals surface area (Å²) in [4.78, 5) is 31.5. The molecule has 0 atom stereocenters. The number of hydrogen-bond acceptors (Lipinski definition) is 2. The van der Waals surface area contributed by atoms with Gasteiger partial charge in [0.05, 0.1) is 0 Å². The van der Waals surface area contributed by atoms with E-state index < -0.39 is 13.8 Å². The van der Waals surface area contributed by atoms with E-state index in [4.69, 9.17) is 24.4 Å². The zero-order chi connectivity index (χ0) is 11.6. The predicted molar refractivity (Wildman–Crippen MR) is 50.7 cm³/mol. The Balaban J connectivity index is 0. The number of aliphatic carboxylic acids is 1. The number of hydrogen-bond donors (Lipinski definition) is 4. The maximum Gasteiger partial charge on any atom is 0.466 e. The van der Waals surface area contributed by atoms with Crippen LogP contribution >= 0.6 is 7.82 Å². The molecule has 0 aliphatic heterocycles. The maximum absolute atomic E-state index is 9.96. The van der Waals surface area contributed by atoms with Crippen molar-refractivity contribution < 1.29 is 29.1 Å². The molecule has 14 heavy (non-hydrogen) atoms. The van der Waals surface area contributed by atoms with Crippen LogP contribution in [-0.4, -0.2) is 25.8 Å². The van der Waals surface area contributed by atoms with Gasteiger partial charge in [-0.15, -0.1) is 0 Å². The van der Waals surface area contributed by atoms with Gasteiger partial charge in [0.2, 0.25) is 0 Å². The third-order valence-corrected chi connectivity index (χ3v) is 1.24. The molecule has 0 rings (SSSR count). The molecule has 0 radical (unpaired) electrons. The Bertz CT molecular complexity index is 178. The molecule has 0 spiro atoms. The van der Waals surface area contributed by atoms with Crippen molar-refractivity contribution in [2.45, 2.75) is 39.0 Å². The quantitative estimate of drug-likeness (QED) is 0.414. The molecule has 0 aromatic heterocycles. The van der Waals surface area contributed by atoms with Crippen molar-refractivity contribution in [2.75, 3.05) is 0 Å². The second kappa shape index (κ2) is 9.15. The van der Waals surface area contributed by atoms with Gasteiger partial charge in [-0.25, -0.2) is 4.57 Å². The number of unbranched alkanes of at least 4 members (excludes halogenated alkanes) is 3. The molecule has 7 heteroatoms. The molecule has 0 aromatic carbocycles. The SMILES string of the molecule is CCCCCCC(=O)O.O=P(O)(O)O. The van der Waals surface area contributed by atoms with E-state index in [1.165, 1.54) is 6.42 Å². The topological polar surface area (TPSA) is 115 Å². The van der Waals surface area contributed by atoms with E-state index >= 15 is 0 Å². The molecule has 0 saturated carbocycles.